The fraction of sp³-hybridized carbons (Fsp3) is 0.645. The number of fused-ring (bicyclic) bond motifs is 1. The fourth-order valence-corrected chi connectivity index (χ4v) is 7.86. The Balaban J connectivity index is 1.32. The summed E-state index contributed by atoms with van der Waals surface area (Å²) >= 11 is 0. The molecule has 2 saturated carbocycles. The molecule has 38 heavy (non-hydrogen) atoms. The smallest absolute Gasteiger partial charge is 0.246 e. The molecule has 0 unspecified atom stereocenters. The van der Waals surface area contributed by atoms with Gasteiger partial charge in [-0.05, 0) is 75.0 Å². The normalized spacial score (nSPS) is 39.8. The maximum Gasteiger partial charge on any atom is 0.246 e. The molecule has 3 aliphatic heterocycles. The first kappa shape index (κ1) is 25.6. The molecule has 4 fully saturated rings. The predicted octanol–water partition coefficient (Wildman–Crippen LogP) is 4.36. The molecule has 2 bridgehead atoms. The van der Waals surface area contributed by atoms with E-state index in [9.17, 15) is 14.4 Å². The molecule has 1 aromatic carbocycles. The average molecular weight is 520 g/mol. The summed E-state index contributed by atoms with van der Waals surface area (Å²) in [5.74, 6) is -0.765. The molecule has 1 spiro atoms. The van der Waals surface area contributed by atoms with Crippen molar-refractivity contribution in [2.45, 2.75) is 102 Å². The van der Waals surface area contributed by atoms with Crippen LogP contribution in [0.15, 0.2) is 36.4 Å². The van der Waals surface area contributed by atoms with E-state index in [1.165, 1.54) is 6.42 Å². The molecule has 2 N–H and O–H groups in total. The van der Waals surface area contributed by atoms with Crippen molar-refractivity contribution in [2.75, 3.05) is 5.32 Å². The minimum atomic E-state index is -1.10. The van der Waals surface area contributed by atoms with Gasteiger partial charge in [0.15, 0.2) is 0 Å². The van der Waals surface area contributed by atoms with Gasteiger partial charge in [0.1, 0.15) is 11.6 Å². The van der Waals surface area contributed by atoms with Gasteiger partial charge in [-0.25, -0.2) is 0 Å². The largest absolute Gasteiger partial charge is 0.359 e. The SMILES string of the molecule is Cc1cccc(NC(=O)[C@@H]2[C@@H]3C=C[C@]4(O3)[C@@H]2C(=O)N(C2CCC(C)CC2)[C@H]4C(=O)N[C@H]2CCCC[C@@H]2C)c1. The zero-order valence-electron chi connectivity index (χ0n) is 22.8. The second-order valence-electron chi connectivity index (χ2n) is 12.6. The van der Waals surface area contributed by atoms with Crippen molar-refractivity contribution in [1.29, 1.82) is 0 Å². The van der Waals surface area contributed by atoms with Gasteiger partial charge in [0.25, 0.3) is 0 Å². The molecule has 7 nitrogen and oxygen atoms in total. The summed E-state index contributed by atoms with van der Waals surface area (Å²) in [5.41, 5.74) is 0.660. The highest BCUT2D eigenvalue weighted by molar-refractivity contribution is 6.03. The Morgan fingerprint density at radius 3 is 2.53 bits per heavy atom. The first-order chi connectivity index (χ1) is 18.3. The topological polar surface area (TPSA) is 87.7 Å². The van der Waals surface area contributed by atoms with Crippen molar-refractivity contribution in [2.24, 2.45) is 23.7 Å². The van der Waals surface area contributed by atoms with Crippen LogP contribution in [0, 0.1) is 30.6 Å². The number of rotatable bonds is 5. The van der Waals surface area contributed by atoms with Crippen LogP contribution in [0.3, 0.4) is 0 Å². The standard InChI is InChI=1S/C31H41N3O4/c1-18-11-13-22(14-12-18)34-27(29(36)33-23-10-5-4-8-20(23)3)31-16-15-24(38-31)25(26(31)30(34)37)28(35)32-21-9-6-7-19(2)17-21/h6-7,9,15-18,20,22-27H,4-5,8,10-14H2,1-3H3,(H,32,35)(H,33,36)/t18?,20-,22?,23-,24-,25+,26-,27-,31-/m0/s1. The van der Waals surface area contributed by atoms with Crippen molar-refractivity contribution in [1.82, 2.24) is 10.2 Å². The van der Waals surface area contributed by atoms with Crippen LogP contribution in [0.2, 0.25) is 0 Å². The zero-order valence-corrected chi connectivity index (χ0v) is 22.8. The van der Waals surface area contributed by atoms with Gasteiger partial charge in [-0.2, -0.15) is 0 Å². The maximum absolute atomic E-state index is 14.3. The van der Waals surface area contributed by atoms with Crippen LogP contribution in [-0.2, 0) is 19.1 Å². The molecule has 0 radical (unpaired) electrons. The van der Waals surface area contributed by atoms with E-state index in [0.717, 1.165) is 50.5 Å². The molecule has 204 valence electrons. The van der Waals surface area contributed by atoms with Crippen molar-refractivity contribution in [3.8, 4) is 0 Å². The van der Waals surface area contributed by atoms with Gasteiger partial charge in [0.05, 0.1) is 17.9 Å². The third-order valence-corrected chi connectivity index (χ3v) is 9.97. The molecule has 0 aromatic heterocycles. The maximum atomic E-state index is 14.3. The first-order valence-corrected chi connectivity index (χ1v) is 14.7. The van der Waals surface area contributed by atoms with Crippen molar-refractivity contribution < 1.29 is 19.1 Å². The van der Waals surface area contributed by atoms with Gasteiger partial charge in [-0.15, -0.1) is 0 Å². The van der Waals surface area contributed by atoms with E-state index in [1.807, 2.05) is 48.2 Å². The summed E-state index contributed by atoms with van der Waals surface area (Å²) in [4.78, 5) is 43.9. The lowest BCUT2D eigenvalue weighted by Crippen LogP contribution is -2.59. The summed E-state index contributed by atoms with van der Waals surface area (Å²) < 4.78 is 6.55. The van der Waals surface area contributed by atoms with Crippen molar-refractivity contribution in [3.05, 3.63) is 42.0 Å². The van der Waals surface area contributed by atoms with Crippen LogP contribution in [-0.4, -0.2) is 52.5 Å². The number of hydrogen-bond donors (Lipinski definition) is 2. The number of ether oxygens (including phenoxy) is 1. The molecule has 2 saturated heterocycles. The van der Waals surface area contributed by atoms with E-state index in [0.29, 0.717) is 17.5 Å². The Kier molecular flexibility index (Phi) is 6.61. The second-order valence-corrected chi connectivity index (χ2v) is 12.6. The van der Waals surface area contributed by atoms with Crippen LogP contribution in [0.1, 0.15) is 70.8 Å². The van der Waals surface area contributed by atoms with E-state index in [1.54, 1.807) is 0 Å². The lowest BCUT2D eigenvalue weighted by Gasteiger charge is -2.40. The number of anilines is 1. The summed E-state index contributed by atoms with van der Waals surface area (Å²) in [6.45, 7) is 6.44. The van der Waals surface area contributed by atoms with E-state index in [-0.39, 0.29) is 29.8 Å². The molecule has 1 aromatic rings. The molecule has 3 amide bonds. The van der Waals surface area contributed by atoms with Crippen molar-refractivity contribution in [3.63, 3.8) is 0 Å². The van der Waals surface area contributed by atoms with Gasteiger partial charge < -0.3 is 20.3 Å². The highest BCUT2D eigenvalue weighted by atomic mass is 16.5. The number of aryl methyl sites for hydroxylation is 1. The Morgan fingerprint density at radius 1 is 1.03 bits per heavy atom. The summed E-state index contributed by atoms with van der Waals surface area (Å²) in [6, 6.07) is 7.03. The van der Waals surface area contributed by atoms with E-state index >= 15 is 0 Å². The molecule has 5 aliphatic rings. The highest BCUT2D eigenvalue weighted by Gasteiger charge is 2.73. The van der Waals surface area contributed by atoms with Crippen LogP contribution >= 0.6 is 0 Å². The zero-order chi connectivity index (χ0) is 26.6. The molecule has 7 heteroatoms. The third kappa shape index (κ3) is 4.18. The average Bonchev–Trinajstić information content (AvgIpc) is 3.53. The molecule has 3 heterocycles. The Morgan fingerprint density at radius 2 is 1.79 bits per heavy atom. The van der Waals surface area contributed by atoms with E-state index in [4.69, 9.17) is 4.74 Å². The monoisotopic (exact) mass is 519 g/mol. The first-order valence-electron chi connectivity index (χ1n) is 14.7. The van der Waals surface area contributed by atoms with Gasteiger partial charge >= 0.3 is 0 Å². The van der Waals surface area contributed by atoms with Gasteiger partial charge in [-0.1, -0.05) is 51.0 Å². The van der Waals surface area contributed by atoms with E-state index in [2.05, 4.69) is 24.5 Å². The summed E-state index contributed by atoms with van der Waals surface area (Å²) in [7, 11) is 0. The highest BCUT2D eigenvalue weighted by Crippen LogP contribution is 2.56. The molecule has 7 atom stereocenters. The lowest BCUT2D eigenvalue weighted by atomic mass is 9.74. The minimum Gasteiger partial charge on any atom is -0.359 e. The third-order valence-electron chi connectivity index (χ3n) is 9.97. The Hall–Kier alpha value is -2.67. The van der Waals surface area contributed by atoms with Gasteiger partial charge in [-0.3, -0.25) is 14.4 Å². The molecule has 6 rings (SSSR count). The summed E-state index contributed by atoms with van der Waals surface area (Å²) in [6.07, 6.45) is 11.5. The number of nitrogens with zero attached hydrogens (tertiary/aromatic N) is 1. The van der Waals surface area contributed by atoms with Crippen LogP contribution in [0.5, 0.6) is 0 Å². The second kappa shape index (κ2) is 9.82. The fourth-order valence-electron chi connectivity index (χ4n) is 7.86. The number of carbonyl (C=O) groups excluding carboxylic acids is 3. The predicted molar refractivity (Wildman–Crippen MR) is 145 cm³/mol. The number of benzene rings is 1. The number of carbonyl (C=O) groups is 3. The van der Waals surface area contributed by atoms with E-state index < -0.39 is 29.6 Å². The number of amides is 3. The van der Waals surface area contributed by atoms with Crippen molar-refractivity contribution >= 4 is 23.4 Å². The number of nitrogens with one attached hydrogen (secondary N) is 2. The lowest BCUT2D eigenvalue weighted by molar-refractivity contribution is -0.145. The molecular formula is C31H41N3O4. The Labute approximate surface area is 225 Å². The van der Waals surface area contributed by atoms with Crippen LogP contribution in [0.25, 0.3) is 0 Å². The molecular weight excluding hydrogens is 478 g/mol. The van der Waals surface area contributed by atoms with Gasteiger partial charge in [0.2, 0.25) is 17.7 Å². The number of hydrogen-bond acceptors (Lipinski definition) is 4. The number of likely N-dealkylation sites (tertiary alicyclic amines) is 1. The van der Waals surface area contributed by atoms with Crippen LogP contribution in [0.4, 0.5) is 5.69 Å². The van der Waals surface area contributed by atoms with Crippen LogP contribution < -0.4 is 10.6 Å². The molecule has 2 aliphatic carbocycles. The Bertz CT molecular complexity index is 1140. The summed E-state index contributed by atoms with van der Waals surface area (Å²) in [5, 5.41) is 6.37. The minimum absolute atomic E-state index is 0.00487. The van der Waals surface area contributed by atoms with Gasteiger partial charge in [0, 0.05) is 17.8 Å². The quantitative estimate of drug-likeness (QED) is 0.566.